The number of hydrogen-bond donors (Lipinski definition) is 1. The lowest BCUT2D eigenvalue weighted by Crippen LogP contribution is -2.16. The average Bonchev–Trinajstić information content (AvgIpc) is 2.30. The zero-order valence-corrected chi connectivity index (χ0v) is 10.3. The second-order valence-electron chi connectivity index (χ2n) is 3.43. The third-order valence-corrected chi connectivity index (χ3v) is 2.17. The Labute approximate surface area is 111 Å². The number of ketones is 1. The smallest absolute Gasteiger partial charge is 0.451 e. The van der Waals surface area contributed by atoms with Crippen LogP contribution in [0.1, 0.15) is 6.92 Å². The lowest BCUT2D eigenvalue weighted by atomic mass is 10.3. The van der Waals surface area contributed by atoms with Gasteiger partial charge in [-0.1, -0.05) is 11.6 Å². The van der Waals surface area contributed by atoms with E-state index in [0.29, 0.717) is 5.02 Å². The minimum Gasteiger partial charge on any atom is -0.503 e. The molecule has 102 valence electrons. The van der Waals surface area contributed by atoms with Crippen molar-refractivity contribution in [3.8, 4) is 0 Å². The summed E-state index contributed by atoms with van der Waals surface area (Å²) in [7, 11) is 0. The number of Topliss-reactive ketones (excluding diaryl/α,β-unsaturated/α-hetero) is 1. The summed E-state index contributed by atoms with van der Waals surface area (Å²) in [4.78, 5) is 11.0. The predicted molar refractivity (Wildman–Crippen MR) is 62.4 cm³/mol. The lowest BCUT2D eigenvalue weighted by molar-refractivity contribution is -0.126. The zero-order chi connectivity index (χ0) is 14.6. The van der Waals surface area contributed by atoms with Crippen molar-refractivity contribution in [2.24, 2.45) is 10.2 Å². The van der Waals surface area contributed by atoms with Crippen LogP contribution in [0.3, 0.4) is 0 Å². The highest BCUT2D eigenvalue weighted by molar-refractivity contribution is 6.30. The van der Waals surface area contributed by atoms with Gasteiger partial charge < -0.3 is 5.11 Å². The number of hydrogen-bond acceptors (Lipinski definition) is 4. The van der Waals surface area contributed by atoms with Gasteiger partial charge >= 0.3 is 6.18 Å². The third-order valence-electron chi connectivity index (χ3n) is 1.92. The first-order chi connectivity index (χ1) is 8.71. The van der Waals surface area contributed by atoms with Crippen LogP contribution >= 0.6 is 11.6 Å². The molecule has 0 unspecified atom stereocenters. The summed E-state index contributed by atoms with van der Waals surface area (Å²) in [6.07, 6.45) is -5.06. The van der Waals surface area contributed by atoms with E-state index in [1.54, 1.807) is 0 Å². The summed E-state index contributed by atoms with van der Waals surface area (Å²) in [5, 5.41) is 15.9. The van der Waals surface area contributed by atoms with Crippen LogP contribution in [0.5, 0.6) is 0 Å². The van der Waals surface area contributed by atoms with Crippen molar-refractivity contribution >= 4 is 23.1 Å². The van der Waals surface area contributed by atoms with Crippen LogP contribution in [-0.4, -0.2) is 17.1 Å². The number of halogens is 4. The van der Waals surface area contributed by atoms with Crippen molar-refractivity contribution in [3.63, 3.8) is 0 Å². The van der Waals surface area contributed by atoms with E-state index in [-0.39, 0.29) is 5.69 Å². The fraction of sp³-hybridized carbons (Fsp3) is 0.182. The molecule has 0 radical (unpaired) electrons. The van der Waals surface area contributed by atoms with Crippen LogP contribution in [0.4, 0.5) is 18.9 Å². The Morgan fingerprint density at radius 2 is 1.79 bits per heavy atom. The van der Waals surface area contributed by atoms with Crippen LogP contribution in [0.25, 0.3) is 0 Å². The molecular formula is C11H8ClF3N2O2. The summed E-state index contributed by atoms with van der Waals surface area (Å²) in [5.74, 6) is -3.12. The maximum atomic E-state index is 12.3. The fourth-order valence-electron chi connectivity index (χ4n) is 1.03. The summed E-state index contributed by atoms with van der Waals surface area (Å²) >= 11 is 5.61. The highest BCUT2D eigenvalue weighted by Gasteiger charge is 2.38. The maximum Gasteiger partial charge on any atom is 0.451 e. The van der Waals surface area contributed by atoms with Gasteiger partial charge in [-0.15, -0.1) is 5.11 Å². The maximum absolute atomic E-state index is 12.3. The number of carbonyl (C=O) groups is 1. The first-order valence-corrected chi connectivity index (χ1v) is 5.28. The molecule has 0 fully saturated rings. The van der Waals surface area contributed by atoms with Crippen LogP contribution in [-0.2, 0) is 4.79 Å². The highest BCUT2D eigenvalue weighted by atomic mass is 35.5. The first kappa shape index (κ1) is 15.2. The van der Waals surface area contributed by atoms with E-state index in [9.17, 15) is 18.0 Å². The van der Waals surface area contributed by atoms with Crippen LogP contribution in [0, 0.1) is 0 Å². The van der Waals surface area contributed by atoms with Gasteiger partial charge in [0.2, 0.25) is 5.76 Å². The predicted octanol–water partition coefficient (Wildman–Crippen LogP) is 4.34. The number of rotatable bonds is 3. The van der Waals surface area contributed by atoms with E-state index in [2.05, 4.69) is 10.2 Å². The molecule has 0 aliphatic carbocycles. The molecule has 4 nitrogen and oxygen atoms in total. The summed E-state index contributed by atoms with van der Waals surface area (Å²) in [6, 6.07) is 5.70. The molecule has 1 aromatic carbocycles. The number of aliphatic hydroxyl groups excluding tert-OH is 1. The lowest BCUT2D eigenvalue weighted by Gasteiger charge is -2.06. The van der Waals surface area contributed by atoms with Gasteiger partial charge in [-0.25, -0.2) is 0 Å². The normalized spacial score (nSPS) is 13.5. The van der Waals surface area contributed by atoms with Crippen molar-refractivity contribution in [2.75, 3.05) is 0 Å². The van der Waals surface area contributed by atoms with Crippen LogP contribution in [0.2, 0.25) is 5.02 Å². The monoisotopic (exact) mass is 292 g/mol. The summed E-state index contributed by atoms with van der Waals surface area (Å²) in [5.41, 5.74) is -0.958. The van der Waals surface area contributed by atoms with Gasteiger partial charge in [0.1, 0.15) is 0 Å². The Morgan fingerprint density at radius 1 is 1.26 bits per heavy atom. The molecule has 0 heterocycles. The molecule has 0 aliphatic heterocycles. The molecule has 19 heavy (non-hydrogen) atoms. The van der Waals surface area contributed by atoms with Gasteiger partial charge in [0.15, 0.2) is 11.5 Å². The van der Waals surface area contributed by atoms with Crippen molar-refractivity contribution in [2.45, 2.75) is 13.1 Å². The quantitative estimate of drug-likeness (QED) is 0.511. The first-order valence-electron chi connectivity index (χ1n) is 4.90. The zero-order valence-electron chi connectivity index (χ0n) is 9.57. The van der Waals surface area contributed by atoms with E-state index in [1.807, 2.05) is 0 Å². The Morgan fingerprint density at radius 3 is 2.21 bits per heavy atom. The number of benzene rings is 1. The Bertz CT molecular complexity index is 536. The molecule has 0 spiro atoms. The van der Waals surface area contributed by atoms with Crippen LogP contribution < -0.4 is 0 Å². The number of nitrogens with zero attached hydrogens (tertiary/aromatic N) is 2. The van der Waals surface area contributed by atoms with Gasteiger partial charge in [-0.3, -0.25) is 4.79 Å². The molecule has 1 N–H and O–H groups in total. The molecule has 0 aliphatic rings. The number of azo groups is 1. The van der Waals surface area contributed by atoms with E-state index in [0.717, 1.165) is 6.92 Å². The largest absolute Gasteiger partial charge is 0.503 e. The van der Waals surface area contributed by atoms with Crippen molar-refractivity contribution in [1.82, 2.24) is 0 Å². The molecule has 0 bridgehead atoms. The van der Waals surface area contributed by atoms with Crippen molar-refractivity contribution in [1.29, 1.82) is 0 Å². The van der Waals surface area contributed by atoms with E-state index >= 15 is 0 Å². The van der Waals surface area contributed by atoms with Crippen LogP contribution in [0.15, 0.2) is 46.0 Å². The molecule has 1 rings (SSSR count). The molecule has 8 heteroatoms. The summed E-state index contributed by atoms with van der Waals surface area (Å²) < 4.78 is 36.8. The number of alkyl halides is 3. The molecule has 0 aromatic heterocycles. The average molecular weight is 293 g/mol. The molecule has 0 atom stereocenters. The van der Waals surface area contributed by atoms with Gasteiger partial charge in [-0.05, 0) is 24.3 Å². The van der Waals surface area contributed by atoms with Crippen molar-refractivity contribution < 1.29 is 23.1 Å². The Kier molecular flexibility index (Phi) is 4.66. The topological polar surface area (TPSA) is 62.0 Å². The SMILES string of the molecule is CC(=O)C(N=Nc1ccc(Cl)cc1)=C(O)C(F)(F)F. The van der Waals surface area contributed by atoms with Crippen molar-refractivity contribution in [3.05, 3.63) is 40.7 Å². The molecule has 0 saturated heterocycles. The van der Waals surface area contributed by atoms with E-state index in [4.69, 9.17) is 16.7 Å². The van der Waals surface area contributed by atoms with E-state index < -0.39 is 23.4 Å². The second-order valence-corrected chi connectivity index (χ2v) is 3.86. The van der Waals surface area contributed by atoms with Gasteiger partial charge in [0.25, 0.3) is 0 Å². The Balaban J connectivity index is 3.11. The molecule has 0 saturated carbocycles. The third kappa shape index (κ3) is 4.36. The minimum absolute atomic E-state index is 0.193. The molecular weight excluding hydrogens is 285 g/mol. The second kappa shape index (κ2) is 5.83. The molecule has 0 amide bonds. The number of carbonyl (C=O) groups excluding carboxylic acids is 1. The number of allylic oxidation sites excluding steroid dienone is 2. The fourth-order valence-corrected chi connectivity index (χ4v) is 1.16. The molecule has 1 aromatic rings. The van der Waals surface area contributed by atoms with E-state index in [1.165, 1.54) is 24.3 Å². The summed E-state index contributed by atoms with van der Waals surface area (Å²) in [6.45, 7) is 0.845. The minimum atomic E-state index is -5.06. The van der Waals surface area contributed by atoms with Gasteiger partial charge in [0, 0.05) is 11.9 Å². The highest BCUT2D eigenvalue weighted by Crippen LogP contribution is 2.27. The Hall–Kier alpha value is -1.89. The standard InChI is InChI=1S/C11H8ClF3N2O2/c1-6(18)9(10(19)11(13,14)15)17-16-8-4-2-7(12)3-5-8/h2-5,19H,1H3. The number of aliphatic hydroxyl groups is 1. The van der Waals surface area contributed by atoms with Gasteiger partial charge in [-0.2, -0.15) is 18.3 Å². The van der Waals surface area contributed by atoms with Gasteiger partial charge in [0.05, 0.1) is 5.69 Å².